The van der Waals surface area contributed by atoms with Gasteiger partial charge in [-0.05, 0) is 42.5 Å². The lowest BCUT2D eigenvalue weighted by Gasteiger charge is -2.34. The summed E-state index contributed by atoms with van der Waals surface area (Å²) in [7, 11) is 0. The molecule has 0 aliphatic carbocycles. The van der Waals surface area contributed by atoms with Gasteiger partial charge in [-0.2, -0.15) is 5.10 Å². The van der Waals surface area contributed by atoms with Crippen LogP contribution in [0, 0.1) is 0 Å². The number of H-pyrrole nitrogens is 1. The Morgan fingerprint density at radius 3 is 2.68 bits per heavy atom. The monoisotopic (exact) mass is 414 g/mol. The van der Waals surface area contributed by atoms with Gasteiger partial charge in [0, 0.05) is 55.6 Å². The number of aldehydes is 1. The van der Waals surface area contributed by atoms with Gasteiger partial charge in [0.2, 0.25) is 5.88 Å². The third-order valence-corrected chi connectivity index (χ3v) is 5.45. The molecule has 8 nitrogen and oxygen atoms in total. The van der Waals surface area contributed by atoms with E-state index in [1.165, 1.54) is 0 Å². The quantitative estimate of drug-likeness (QED) is 0.485. The molecule has 5 rings (SSSR count). The number of carbonyl (C=O) groups excluding carboxylic acids is 1. The van der Waals surface area contributed by atoms with Crippen LogP contribution in [-0.2, 0) is 4.79 Å². The van der Waals surface area contributed by atoms with Gasteiger partial charge in [0.15, 0.2) is 0 Å². The summed E-state index contributed by atoms with van der Waals surface area (Å²) in [5, 5.41) is 7.89. The Hall–Kier alpha value is -3.78. The van der Waals surface area contributed by atoms with Gasteiger partial charge in [-0.25, -0.2) is 9.97 Å². The number of benzene rings is 1. The summed E-state index contributed by atoms with van der Waals surface area (Å²) in [5.74, 6) is 2.20. The van der Waals surface area contributed by atoms with E-state index in [4.69, 9.17) is 9.72 Å². The van der Waals surface area contributed by atoms with Crippen molar-refractivity contribution >= 4 is 23.0 Å². The van der Waals surface area contributed by atoms with Gasteiger partial charge >= 0.3 is 0 Å². The normalized spacial score (nSPS) is 14.6. The van der Waals surface area contributed by atoms with Crippen molar-refractivity contribution in [1.82, 2.24) is 25.1 Å². The van der Waals surface area contributed by atoms with Crippen LogP contribution >= 0.6 is 0 Å². The maximum absolute atomic E-state index is 10.7. The third-order valence-electron chi connectivity index (χ3n) is 5.45. The van der Waals surface area contributed by atoms with Crippen molar-refractivity contribution in [1.29, 1.82) is 0 Å². The molecule has 0 radical (unpaired) electrons. The summed E-state index contributed by atoms with van der Waals surface area (Å²) in [6, 6.07) is 15.6. The predicted molar refractivity (Wildman–Crippen MR) is 118 cm³/mol. The van der Waals surface area contributed by atoms with Gasteiger partial charge in [0.25, 0.3) is 0 Å². The number of aromatic nitrogens is 4. The zero-order chi connectivity index (χ0) is 21.0. The lowest BCUT2D eigenvalue weighted by Crippen LogP contribution is -2.47. The van der Waals surface area contributed by atoms with Gasteiger partial charge in [0.1, 0.15) is 17.9 Å². The first-order valence-corrected chi connectivity index (χ1v) is 10.2. The minimum absolute atomic E-state index is 0.502. The van der Waals surface area contributed by atoms with Crippen LogP contribution in [-0.4, -0.2) is 64.1 Å². The molecule has 0 amide bonds. The summed E-state index contributed by atoms with van der Waals surface area (Å²) in [4.78, 5) is 24.3. The molecule has 156 valence electrons. The van der Waals surface area contributed by atoms with Crippen LogP contribution in [0.4, 0.5) is 5.82 Å². The smallest absolute Gasteiger partial charge is 0.219 e. The van der Waals surface area contributed by atoms with E-state index in [1.807, 2.05) is 42.5 Å². The predicted octanol–water partition coefficient (Wildman–Crippen LogP) is 3.13. The highest BCUT2D eigenvalue weighted by atomic mass is 16.5. The average Bonchev–Trinajstić information content (AvgIpc) is 3.35. The molecule has 4 aromatic rings. The molecule has 0 saturated carbocycles. The van der Waals surface area contributed by atoms with E-state index in [9.17, 15) is 4.79 Å². The molecule has 1 fully saturated rings. The Balaban J connectivity index is 1.28. The molecule has 1 aliphatic rings. The number of fused-ring (bicyclic) bond motifs is 1. The number of anilines is 1. The number of nitrogens with one attached hydrogen (secondary N) is 1. The third kappa shape index (κ3) is 4.24. The molecular formula is C23H22N6O2. The summed E-state index contributed by atoms with van der Waals surface area (Å²) >= 11 is 0. The molecular weight excluding hydrogens is 392 g/mol. The maximum atomic E-state index is 10.7. The minimum atomic E-state index is 0.502. The number of aromatic amines is 1. The van der Waals surface area contributed by atoms with Gasteiger partial charge < -0.3 is 14.4 Å². The first-order valence-electron chi connectivity index (χ1n) is 10.2. The van der Waals surface area contributed by atoms with Gasteiger partial charge in [-0.15, -0.1) is 0 Å². The lowest BCUT2D eigenvalue weighted by molar-refractivity contribution is -0.108. The van der Waals surface area contributed by atoms with Crippen LogP contribution in [0.2, 0.25) is 0 Å². The highest BCUT2D eigenvalue weighted by Gasteiger charge is 2.17. The van der Waals surface area contributed by atoms with E-state index < -0.39 is 0 Å². The van der Waals surface area contributed by atoms with Crippen molar-refractivity contribution in [2.45, 2.75) is 0 Å². The van der Waals surface area contributed by atoms with Gasteiger partial charge in [0.05, 0.1) is 17.8 Å². The number of carbonyl (C=O) groups is 1. The number of pyridine rings is 2. The first-order chi connectivity index (χ1) is 15.3. The Bertz CT molecular complexity index is 1170. The van der Waals surface area contributed by atoms with Gasteiger partial charge in [-0.3, -0.25) is 10.00 Å². The molecule has 31 heavy (non-hydrogen) atoms. The van der Waals surface area contributed by atoms with E-state index in [1.54, 1.807) is 12.4 Å². The van der Waals surface area contributed by atoms with Crippen molar-refractivity contribution in [3.63, 3.8) is 0 Å². The van der Waals surface area contributed by atoms with Crippen molar-refractivity contribution < 1.29 is 9.53 Å². The molecule has 1 aliphatic heterocycles. The fourth-order valence-electron chi connectivity index (χ4n) is 3.73. The number of hydrogen-bond donors (Lipinski definition) is 1. The van der Waals surface area contributed by atoms with Crippen LogP contribution in [0.15, 0.2) is 60.9 Å². The largest absolute Gasteiger partial charge is 0.439 e. The van der Waals surface area contributed by atoms with E-state index in [2.05, 4.69) is 31.0 Å². The molecule has 4 heterocycles. The fraction of sp³-hybridized carbons (Fsp3) is 0.217. The summed E-state index contributed by atoms with van der Waals surface area (Å²) in [6.07, 6.45) is 4.43. The Kier molecular flexibility index (Phi) is 5.28. The molecule has 3 aromatic heterocycles. The van der Waals surface area contributed by atoms with Gasteiger partial charge in [-0.1, -0.05) is 0 Å². The van der Waals surface area contributed by atoms with Crippen LogP contribution in [0.3, 0.4) is 0 Å². The number of rotatable bonds is 6. The average molecular weight is 414 g/mol. The van der Waals surface area contributed by atoms with E-state index in [-0.39, 0.29) is 0 Å². The molecule has 0 bridgehead atoms. The molecule has 1 aromatic carbocycles. The zero-order valence-electron chi connectivity index (χ0n) is 16.9. The number of hydrogen-bond acceptors (Lipinski definition) is 7. The number of ether oxygens (including phenoxy) is 1. The summed E-state index contributed by atoms with van der Waals surface area (Å²) in [6.45, 7) is 3.98. The maximum Gasteiger partial charge on any atom is 0.219 e. The first kappa shape index (κ1) is 19.2. The van der Waals surface area contributed by atoms with Crippen molar-refractivity contribution in [2.75, 3.05) is 37.6 Å². The van der Waals surface area contributed by atoms with Crippen molar-refractivity contribution in [2.24, 2.45) is 0 Å². The topological polar surface area (TPSA) is 87.2 Å². The SMILES string of the molecule is O=CCN1CCN(c2ccc3cc(Oc4ccc(-c5ccn[nH]5)cn4)ccc3n2)CC1. The lowest BCUT2D eigenvalue weighted by atomic mass is 10.2. The van der Waals surface area contributed by atoms with E-state index >= 15 is 0 Å². The van der Waals surface area contributed by atoms with Crippen LogP contribution in [0.25, 0.3) is 22.2 Å². The summed E-state index contributed by atoms with van der Waals surface area (Å²) in [5.41, 5.74) is 2.78. The van der Waals surface area contributed by atoms with Crippen molar-refractivity contribution in [3.05, 3.63) is 60.9 Å². The Morgan fingerprint density at radius 1 is 1.03 bits per heavy atom. The Labute approximate surface area is 179 Å². The highest BCUT2D eigenvalue weighted by molar-refractivity contribution is 5.82. The van der Waals surface area contributed by atoms with Crippen LogP contribution in [0.5, 0.6) is 11.6 Å². The molecule has 0 spiro atoms. The number of piperazine rings is 1. The number of nitrogens with zero attached hydrogens (tertiary/aromatic N) is 5. The molecule has 0 unspecified atom stereocenters. The molecule has 1 saturated heterocycles. The second-order valence-corrected chi connectivity index (χ2v) is 7.44. The van der Waals surface area contributed by atoms with E-state index in [0.29, 0.717) is 18.2 Å². The molecule has 8 heteroatoms. The minimum Gasteiger partial charge on any atom is -0.439 e. The van der Waals surface area contributed by atoms with Crippen LogP contribution in [0.1, 0.15) is 0 Å². The standard InChI is InChI=1S/C23H22N6O2/c30-14-13-28-9-11-29(12-10-28)22-5-1-17-15-19(3-4-20(17)26-22)31-23-6-2-18(16-24-23)21-7-8-25-27-21/h1-8,14-16H,9-13H2,(H,25,27). The van der Waals surface area contributed by atoms with Crippen molar-refractivity contribution in [3.8, 4) is 22.9 Å². The summed E-state index contributed by atoms with van der Waals surface area (Å²) < 4.78 is 5.93. The Morgan fingerprint density at radius 2 is 1.94 bits per heavy atom. The van der Waals surface area contributed by atoms with E-state index in [0.717, 1.165) is 60.4 Å². The molecule has 1 N–H and O–H groups in total. The second kappa shape index (κ2) is 8.53. The highest BCUT2D eigenvalue weighted by Crippen LogP contribution is 2.27. The van der Waals surface area contributed by atoms with Crippen LogP contribution < -0.4 is 9.64 Å². The second-order valence-electron chi connectivity index (χ2n) is 7.44. The zero-order valence-corrected chi connectivity index (χ0v) is 16.9. The molecule has 0 atom stereocenters. The fourth-order valence-corrected chi connectivity index (χ4v) is 3.73.